The Kier molecular flexibility index (Phi) is 6.42. The number of rotatable bonds is 7. The standard InChI is InChI=1S/C12H24N2O2/c1-10(5-4-8-15)14-12(16)9-13-11-6-2-3-7-11/h10-11,13,15H,2-9H2,1H3,(H,14,16). The van der Waals surface area contributed by atoms with Crippen molar-refractivity contribution in [1.29, 1.82) is 0 Å². The lowest BCUT2D eigenvalue weighted by molar-refractivity contribution is -0.121. The van der Waals surface area contributed by atoms with Gasteiger partial charge in [0.1, 0.15) is 0 Å². The molecule has 94 valence electrons. The highest BCUT2D eigenvalue weighted by atomic mass is 16.2. The molecule has 1 amide bonds. The van der Waals surface area contributed by atoms with Crippen molar-refractivity contribution in [2.24, 2.45) is 0 Å². The summed E-state index contributed by atoms with van der Waals surface area (Å²) in [5, 5.41) is 14.9. The molecule has 3 N–H and O–H groups in total. The van der Waals surface area contributed by atoms with E-state index in [1.165, 1.54) is 25.7 Å². The molecule has 16 heavy (non-hydrogen) atoms. The molecule has 0 bridgehead atoms. The van der Waals surface area contributed by atoms with Crippen LogP contribution in [-0.4, -0.2) is 36.2 Å². The monoisotopic (exact) mass is 228 g/mol. The third-order valence-electron chi connectivity index (χ3n) is 3.11. The van der Waals surface area contributed by atoms with Crippen LogP contribution in [0.25, 0.3) is 0 Å². The minimum absolute atomic E-state index is 0.0670. The van der Waals surface area contributed by atoms with E-state index in [4.69, 9.17) is 5.11 Å². The van der Waals surface area contributed by atoms with Crippen LogP contribution in [0.15, 0.2) is 0 Å². The Balaban J connectivity index is 2.05. The fourth-order valence-electron chi connectivity index (χ4n) is 2.16. The number of hydrogen-bond acceptors (Lipinski definition) is 3. The van der Waals surface area contributed by atoms with E-state index in [0.717, 1.165) is 12.8 Å². The quantitative estimate of drug-likeness (QED) is 0.604. The van der Waals surface area contributed by atoms with Crippen LogP contribution in [-0.2, 0) is 4.79 Å². The molecule has 0 aliphatic heterocycles. The van der Waals surface area contributed by atoms with Gasteiger partial charge < -0.3 is 15.7 Å². The van der Waals surface area contributed by atoms with Crippen LogP contribution in [0, 0.1) is 0 Å². The van der Waals surface area contributed by atoms with Gasteiger partial charge in [0.15, 0.2) is 0 Å². The summed E-state index contributed by atoms with van der Waals surface area (Å²) < 4.78 is 0. The van der Waals surface area contributed by atoms with Crippen LogP contribution in [0.3, 0.4) is 0 Å². The zero-order chi connectivity index (χ0) is 11.8. The molecule has 0 aromatic heterocycles. The highest BCUT2D eigenvalue weighted by molar-refractivity contribution is 5.78. The van der Waals surface area contributed by atoms with E-state index >= 15 is 0 Å². The fourth-order valence-corrected chi connectivity index (χ4v) is 2.16. The molecule has 1 aliphatic carbocycles. The Morgan fingerprint density at radius 3 is 2.75 bits per heavy atom. The maximum Gasteiger partial charge on any atom is 0.234 e. The molecule has 0 saturated heterocycles. The molecule has 4 nitrogen and oxygen atoms in total. The molecule has 0 radical (unpaired) electrons. The summed E-state index contributed by atoms with van der Waals surface area (Å²) in [4.78, 5) is 11.5. The van der Waals surface area contributed by atoms with E-state index in [1.807, 2.05) is 6.92 Å². The first-order valence-corrected chi connectivity index (χ1v) is 6.36. The van der Waals surface area contributed by atoms with Gasteiger partial charge in [-0.05, 0) is 32.6 Å². The third-order valence-corrected chi connectivity index (χ3v) is 3.11. The van der Waals surface area contributed by atoms with Gasteiger partial charge in [-0.15, -0.1) is 0 Å². The molecule has 1 atom stereocenters. The molecular weight excluding hydrogens is 204 g/mol. The second kappa shape index (κ2) is 7.63. The first-order chi connectivity index (χ1) is 7.72. The minimum atomic E-state index is 0.0670. The molecule has 0 spiro atoms. The smallest absolute Gasteiger partial charge is 0.234 e. The van der Waals surface area contributed by atoms with Crippen molar-refractivity contribution in [2.75, 3.05) is 13.2 Å². The Morgan fingerprint density at radius 1 is 1.44 bits per heavy atom. The van der Waals surface area contributed by atoms with E-state index in [-0.39, 0.29) is 18.6 Å². The molecule has 1 unspecified atom stereocenters. The summed E-state index contributed by atoms with van der Waals surface area (Å²) in [5.41, 5.74) is 0. The van der Waals surface area contributed by atoms with Gasteiger partial charge in [0.2, 0.25) is 5.91 Å². The van der Waals surface area contributed by atoms with Gasteiger partial charge in [-0.1, -0.05) is 12.8 Å². The van der Waals surface area contributed by atoms with Gasteiger partial charge in [0.25, 0.3) is 0 Å². The van der Waals surface area contributed by atoms with Crippen LogP contribution >= 0.6 is 0 Å². The lowest BCUT2D eigenvalue weighted by atomic mass is 10.2. The number of aliphatic hydroxyl groups is 1. The normalized spacial score (nSPS) is 18.6. The topological polar surface area (TPSA) is 61.4 Å². The maximum atomic E-state index is 11.5. The lowest BCUT2D eigenvalue weighted by Crippen LogP contribution is -2.41. The van der Waals surface area contributed by atoms with Crippen molar-refractivity contribution >= 4 is 5.91 Å². The molecule has 0 aromatic carbocycles. The van der Waals surface area contributed by atoms with Gasteiger partial charge in [-0.25, -0.2) is 0 Å². The van der Waals surface area contributed by atoms with Crippen LogP contribution in [0.5, 0.6) is 0 Å². The minimum Gasteiger partial charge on any atom is -0.396 e. The van der Waals surface area contributed by atoms with Crippen LogP contribution in [0.1, 0.15) is 45.4 Å². The van der Waals surface area contributed by atoms with Crippen LogP contribution in [0.2, 0.25) is 0 Å². The maximum absolute atomic E-state index is 11.5. The zero-order valence-corrected chi connectivity index (χ0v) is 10.2. The van der Waals surface area contributed by atoms with E-state index in [0.29, 0.717) is 12.6 Å². The van der Waals surface area contributed by atoms with Crippen molar-refractivity contribution in [2.45, 2.75) is 57.5 Å². The summed E-state index contributed by atoms with van der Waals surface area (Å²) in [6, 6.07) is 0.698. The molecule has 4 heteroatoms. The van der Waals surface area contributed by atoms with Crippen molar-refractivity contribution < 1.29 is 9.90 Å². The number of carbonyl (C=O) groups is 1. The van der Waals surface area contributed by atoms with Crippen LogP contribution in [0.4, 0.5) is 0 Å². The Labute approximate surface area is 97.8 Å². The fraction of sp³-hybridized carbons (Fsp3) is 0.917. The highest BCUT2D eigenvalue weighted by Crippen LogP contribution is 2.17. The highest BCUT2D eigenvalue weighted by Gasteiger charge is 2.15. The van der Waals surface area contributed by atoms with Gasteiger partial charge in [0, 0.05) is 18.7 Å². The Morgan fingerprint density at radius 2 is 2.12 bits per heavy atom. The van der Waals surface area contributed by atoms with E-state index in [1.54, 1.807) is 0 Å². The second-order valence-electron chi connectivity index (χ2n) is 4.70. The van der Waals surface area contributed by atoms with Crippen molar-refractivity contribution in [3.63, 3.8) is 0 Å². The Hall–Kier alpha value is -0.610. The predicted molar refractivity (Wildman–Crippen MR) is 64.2 cm³/mol. The summed E-state index contributed by atoms with van der Waals surface area (Å²) in [5.74, 6) is 0.0670. The molecule has 0 heterocycles. The lowest BCUT2D eigenvalue weighted by Gasteiger charge is -2.15. The molecule has 0 aromatic rings. The van der Waals surface area contributed by atoms with E-state index < -0.39 is 0 Å². The third kappa shape index (κ3) is 5.47. The van der Waals surface area contributed by atoms with Gasteiger partial charge >= 0.3 is 0 Å². The molecule has 1 saturated carbocycles. The average Bonchev–Trinajstić information content (AvgIpc) is 2.76. The van der Waals surface area contributed by atoms with Crippen LogP contribution < -0.4 is 10.6 Å². The number of aliphatic hydroxyl groups excluding tert-OH is 1. The summed E-state index contributed by atoms with van der Waals surface area (Å²) >= 11 is 0. The second-order valence-corrected chi connectivity index (χ2v) is 4.70. The summed E-state index contributed by atoms with van der Waals surface area (Å²) in [7, 11) is 0. The average molecular weight is 228 g/mol. The largest absolute Gasteiger partial charge is 0.396 e. The number of carbonyl (C=O) groups excluding carboxylic acids is 1. The number of nitrogens with one attached hydrogen (secondary N) is 2. The van der Waals surface area contributed by atoms with Crippen molar-refractivity contribution in [3.8, 4) is 0 Å². The first-order valence-electron chi connectivity index (χ1n) is 6.36. The van der Waals surface area contributed by atoms with E-state index in [2.05, 4.69) is 10.6 Å². The molecule has 1 aliphatic rings. The van der Waals surface area contributed by atoms with Gasteiger partial charge in [-0.3, -0.25) is 4.79 Å². The number of hydrogen-bond donors (Lipinski definition) is 3. The van der Waals surface area contributed by atoms with E-state index in [9.17, 15) is 4.79 Å². The molecule has 1 rings (SSSR count). The zero-order valence-electron chi connectivity index (χ0n) is 10.2. The van der Waals surface area contributed by atoms with Crippen molar-refractivity contribution in [1.82, 2.24) is 10.6 Å². The predicted octanol–water partition coefficient (Wildman–Crippen LogP) is 0.796. The molecule has 1 fully saturated rings. The summed E-state index contributed by atoms with van der Waals surface area (Å²) in [6.07, 6.45) is 6.56. The summed E-state index contributed by atoms with van der Waals surface area (Å²) in [6.45, 7) is 2.60. The molecular formula is C12H24N2O2. The SMILES string of the molecule is CC(CCCO)NC(=O)CNC1CCCC1. The van der Waals surface area contributed by atoms with Gasteiger partial charge in [0.05, 0.1) is 6.54 Å². The van der Waals surface area contributed by atoms with Gasteiger partial charge in [-0.2, -0.15) is 0 Å². The number of amides is 1. The first kappa shape index (κ1) is 13.5. The van der Waals surface area contributed by atoms with Crippen molar-refractivity contribution in [3.05, 3.63) is 0 Å². The Bertz CT molecular complexity index is 203.